The van der Waals surface area contributed by atoms with Gasteiger partial charge >= 0.3 is 6.03 Å². The molecule has 3 amide bonds. The Kier molecular flexibility index (Phi) is 1.93. The SMILES string of the molecule is O=C1NC(=O)C(C2NCCS2)N1. The zero-order valence-corrected chi connectivity index (χ0v) is 7.11. The molecule has 0 aromatic heterocycles. The van der Waals surface area contributed by atoms with Gasteiger partial charge in [-0.15, -0.1) is 11.8 Å². The van der Waals surface area contributed by atoms with Gasteiger partial charge in [-0.3, -0.25) is 10.1 Å². The molecular weight excluding hydrogens is 178 g/mol. The molecule has 0 bridgehead atoms. The number of imide groups is 1. The Morgan fingerprint density at radius 3 is 2.75 bits per heavy atom. The number of urea groups is 1. The molecule has 2 aliphatic heterocycles. The predicted molar refractivity (Wildman–Crippen MR) is 44.7 cm³/mol. The summed E-state index contributed by atoms with van der Waals surface area (Å²) in [5.41, 5.74) is 0. The van der Waals surface area contributed by atoms with Gasteiger partial charge in [0.15, 0.2) is 0 Å². The van der Waals surface area contributed by atoms with Gasteiger partial charge in [0, 0.05) is 12.3 Å². The quantitative estimate of drug-likeness (QED) is 0.454. The summed E-state index contributed by atoms with van der Waals surface area (Å²) in [6.07, 6.45) is 0. The summed E-state index contributed by atoms with van der Waals surface area (Å²) in [4.78, 5) is 21.9. The van der Waals surface area contributed by atoms with Crippen molar-refractivity contribution in [3.05, 3.63) is 0 Å². The van der Waals surface area contributed by atoms with Gasteiger partial charge in [0.05, 0.1) is 5.37 Å². The number of rotatable bonds is 1. The molecule has 2 unspecified atom stereocenters. The maximum Gasteiger partial charge on any atom is 0.322 e. The monoisotopic (exact) mass is 187 g/mol. The van der Waals surface area contributed by atoms with Crippen molar-refractivity contribution in [2.45, 2.75) is 11.4 Å². The lowest BCUT2D eigenvalue weighted by Crippen LogP contribution is -2.44. The molecule has 0 aromatic rings. The van der Waals surface area contributed by atoms with Crippen molar-refractivity contribution in [2.24, 2.45) is 0 Å². The first-order valence-corrected chi connectivity index (χ1v) is 4.78. The van der Waals surface area contributed by atoms with Gasteiger partial charge in [0.2, 0.25) is 0 Å². The Balaban J connectivity index is 2.03. The molecule has 0 aromatic carbocycles. The number of nitrogens with one attached hydrogen (secondary N) is 3. The highest BCUT2D eigenvalue weighted by molar-refractivity contribution is 8.00. The smallest absolute Gasteiger partial charge is 0.322 e. The van der Waals surface area contributed by atoms with E-state index in [1.807, 2.05) is 0 Å². The van der Waals surface area contributed by atoms with E-state index in [0.29, 0.717) is 0 Å². The Hall–Kier alpha value is -0.750. The van der Waals surface area contributed by atoms with Crippen LogP contribution in [0.2, 0.25) is 0 Å². The number of carbonyl (C=O) groups excluding carboxylic acids is 2. The largest absolute Gasteiger partial charge is 0.324 e. The lowest BCUT2D eigenvalue weighted by molar-refractivity contribution is -0.120. The first-order chi connectivity index (χ1) is 5.77. The minimum absolute atomic E-state index is 0.0384. The molecule has 6 heteroatoms. The van der Waals surface area contributed by atoms with Crippen molar-refractivity contribution in [2.75, 3.05) is 12.3 Å². The Labute approximate surface area is 73.6 Å². The van der Waals surface area contributed by atoms with Crippen LogP contribution in [-0.2, 0) is 4.79 Å². The van der Waals surface area contributed by atoms with Crippen LogP contribution >= 0.6 is 11.8 Å². The first-order valence-electron chi connectivity index (χ1n) is 3.74. The fourth-order valence-corrected chi connectivity index (χ4v) is 2.42. The minimum Gasteiger partial charge on any atom is -0.324 e. The van der Waals surface area contributed by atoms with E-state index in [1.54, 1.807) is 11.8 Å². The molecule has 0 spiro atoms. The second-order valence-electron chi connectivity index (χ2n) is 2.69. The Bertz CT molecular complexity index is 227. The van der Waals surface area contributed by atoms with Crippen molar-refractivity contribution in [3.63, 3.8) is 0 Å². The molecule has 5 nitrogen and oxygen atoms in total. The molecule has 12 heavy (non-hydrogen) atoms. The first kappa shape index (κ1) is 7.88. The molecule has 66 valence electrons. The van der Waals surface area contributed by atoms with Gasteiger partial charge < -0.3 is 10.6 Å². The van der Waals surface area contributed by atoms with E-state index in [2.05, 4.69) is 16.0 Å². The summed E-state index contributed by atoms with van der Waals surface area (Å²) in [6, 6.07) is -0.788. The Morgan fingerprint density at radius 1 is 1.42 bits per heavy atom. The number of carbonyl (C=O) groups is 2. The zero-order chi connectivity index (χ0) is 8.55. The van der Waals surface area contributed by atoms with Crippen LogP contribution in [0.5, 0.6) is 0 Å². The fraction of sp³-hybridized carbons (Fsp3) is 0.667. The third-order valence-electron chi connectivity index (χ3n) is 1.85. The highest BCUT2D eigenvalue weighted by Gasteiger charge is 2.37. The van der Waals surface area contributed by atoms with Crippen LogP contribution in [0.3, 0.4) is 0 Å². The van der Waals surface area contributed by atoms with E-state index in [-0.39, 0.29) is 17.3 Å². The van der Waals surface area contributed by atoms with Crippen molar-refractivity contribution < 1.29 is 9.59 Å². The predicted octanol–water partition coefficient (Wildman–Crippen LogP) is -1.14. The molecular formula is C6H9N3O2S. The summed E-state index contributed by atoms with van der Waals surface area (Å²) in [5, 5.41) is 7.94. The van der Waals surface area contributed by atoms with Crippen LogP contribution in [0.25, 0.3) is 0 Å². The molecule has 2 rings (SSSR count). The maximum atomic E-state index is 11.1. The van der Waals surface area contributed by atoms with Crippen molar-refractivity contribution >= 4 is 23.7 Å². The standard InChI is InChI=1S/C6H9N3O2S/c10-4-3(8-6(11)9-4)5-7-1-2-12-5/h3,5,7H,1-2H2,(H2,8,9,10,11). The average molecular weight is 187 g/mol. The highest BCUT2D eigenvalue weighted by Crippen LogP contribution is 2.18. The van der Waals surface area contributed by atoms with Crippen LogP contribution in [0.15, 0.2) is 0 Å². The van der Waals surface area contributed by atoms with Crippen molar-refractivity contribution in [1.29, 1.82) is 0 Å². The third kappa shape index (κ3) is 1.27. The summed E-state index contributed by atoms with van der Waals surface area (Å²) < 4.78 is 0. The van der Waals surface area contributed by atoms with Gasteiger partial charge in [-0.1, -0.05) is 0 Å². The molecule has 2 fully saturated rings. The van der Waals surface area contributed by atoms with Gasteiger partial charge in [0.25, 0.3) is 5.91 Å². The highest BCUT2D eigenvalue weighted by atomic mass is 32.2. The lowest BCUT2D eigenvalue weighted by atomic mass is 10.3. The van der Waals surface area contributed by atoms with Crippen LogP contribution in [0.4, 0.5) is 4.79 Å². The molecule has 3 N–H and O–H groups in total. The number of amides is 3. The molecule has 0 saturated carbocycles. The summed E-state index contributed by atoms with van der Waals surface area (Å²) >= 11 is 1.66. The maximum absolute atomic E-state index is 11.1. The lowest BCUT2D eigenvalue weighted by Gasteiger charge is -2.14. The van der Waals surface area contributed by atoms with Crippen LogP contribution in [-0.4, -0.2) is 35.7 Å². The fourth-order valence-electron chi connectivity index (χ4n) is 1.31. The van der Waals surface area contributed by atoms with E-state index < -0.39 is 6.04 Å². The summed E-state index contributed by atoms with van der Waals surface area (Å²) in [7, 11) is 0. The molecule has 2 saturated heterocycles. The number of hydrogen-bond donors (Lipinski definition) is 3. The van der Waals surface area contributed by atoms with E-state index >= 15 is 0 Å². The van der Waals surface area contributed by atoms with E-state index in [4.69, 9.17) is 0 Å². The zero-order valence-electron chi connectivity index (χ0n) is 6.29. The van der Waals surface area contributed by atoms with E-state index in [0.717, 1.165) is 12.3 Å². The van der Waals surface area contributed by atoms with Crippen LogP contribution < -0.4 is 16.0 Å². The molecule has 2 aliphatic rings. The van der Waals surface area contributed by atoms with Gasteiger partial charge in [0.1, 0.15) is 6.04 Å². The molecule has 0 aliphatic carbocycles. The van der Waals surface area contributed by atoms with Gasteiger partial charge in [-0.2, -0.15) is 0 Å². The summed E-state index contributed by atoms with van der Waals surface area (Å²) in [5.74, 6) is 0.761. The Morgan fingerprint density at radius 2 is 2.25 bits per heavy atom. The second kappa shape index (κ2) is 2.95. The molecule has 0 radical (unpaired) electrons. The number of thioether (sulfide) groups is 1. The van der Waals surface area contributed by atoms with Crippen molar-refractivity contribution in [1.82, 2.24) is 16.0 Å². The van der Waals surface area contributed by atoms with Gasteiger partial charge in [-0.05, 0) is 0 Å². The van der Waals surface area contributed by atoms with Crippen LogP contribution in [0.1, 0.15) is 0 Å². The number of hydrogen-bond acceptors (Lipinski definition) is 4. The topological polar surface area (TPSA) is 70.2 Å². The normalized spacial score (nSPS) is 35.0. The minimum atomic E-state index is -0.398. The van der Waals surface area contributed by atoms with Crippen LogP contribution in [0, 0.1) is 0 Å². The summed E-state index contributed by atoms with van der Waals surface area (Å²) in [6.45, 7) is 0.898. The van der Waals surface area contributed by atoms with E-state index in [9.17, 15) is 9.59 Å². The average Bonchev–Trinajstić information content (AvgIpc) is 2.58. The van der Waals surface area contributed by atoms with E-state index in [1.165, 1.54) is 0 Å². The second-order valence-corrected chi connectivity index (χ2v) is 3.94. The third-order valence-corrected chi connectivity index (χ3v) is 3.09. The molecule has 2 heterocycles. The van der Waals surface area contributed by atoms with Gasteiger partial charge in [-0.25, -0.2) is 4.79 Å². The van der Waals surface area contributed by atoms with Crippen molar-refractivity contribution in [3.8, 4) is 0 Å². The molecule has 2 atom stereocenters.